The molecule has 2 unspecified atom stereocenters. The van der Waals surface area contributed by atoms with Crippen LogP contribution in [0.4, 0.5) is 0 Å². The van der Waals surface area contributed by atoms with Crippen LogP contribution >= 0.6 is 0 Å². The highest BCUT2D eigenvalue weighted by atomic mass is 16.7. The van der Waals surface area contributed by atoms with Crippen molar-refractivity contribution in [1.82, 2.24) is 4.90 Å². The predicted octanol–water partition coefficient (Wildman–Crippen LogP) is 2.46. The van der Waals surface area contributed by atoms with Crippen molar-refractivity contribution < 1.29 is 14.2 Å². The molecule has 2 aliphatic rings. The Hall–Kier alpha value is -1.20. The second kappa shape index (κ2) is 6.28. The van der Waals surface area contributed by atoms with Crippen molar-refractivity contribution in [3.05, 3.63) is 41.5 Å². The molecule has 0 amide bonds. The van der Waals surface area contributed by atoms with Crippen molar-refractivity contribution in [1.29, 1.82) is 0 Å². The standard InChI is InChI=1S/C17H23NO3/c1-18-13-8-12(9-14(18)11-21-10-13)15-6-4-5-7-16(15)17(19-2)20-3/h4-8,13-14,17H,9-11H2,1-3H3. The molecule has 2 heterocycles. The summed E-state index contributed by atoms with van der Waals surface area (Å²) in [6, 6.07) is 9.17. The van der Waals surface area contributed by atoms with Crippen molar-refractivity contribution >= 4 is 5.57 Å². The zero-order chi connectivity index (χ0) is 14.8. The summed E-state index contributed by atoms with van der Waals surface area (Å²) in [6.07, 6.45) is 3.01. The van der Waals surface area contributed by atoms with E-state index in [1.165, 1.54) is 11.1 Å². The molecule has 0 aromatic heterocycles. The quantitative estimate of drug-likeness (QED) is 0.797. The average molecular weight is 289 g/mol. The first-order valence-electron chi connectivity index (χ1n) is 7.40. The van der Waals surface area contributed by atoms with E-state index in [1.807, 2.05) is 6.07 Å². The van der Waals surface area contributed by atoms with Crippen LogP contribution in [0.25, 0.3) is 5.57 Å². The van der Waals surface area contributed by atoms with E-state index < -0.39 is 0 Å². The fourth-order valence-electron chi connectivity index (χ4n) is 3.30. The Morgan fingerprint density at radius 1 is 1.19 bits per heavy atom. The highest BCUT2D eigenvalue weighted by Crippen LogP contribution is 2.35. The van der Waals surface area contributed by atoms with Crippen molar-refractivity contribution in [3.8, 4) is 0 Å². The molecule has 0 spiro atoms. The molecule has 2 bridgehead atoms. The minimum atomic E-state index is -0.321. The summed E-state index contributed by atoms with van der Waals surface area (Å²) in [4.78, 5) is 2.42. The number of benzene rings is 1. The number of rotatable bonds is 4. The van der Waals surface area contributed by atoms with E-state index in [9.17, 15) is 0 Å². The van der Waals surface area contributed by atoms with Gasteiger partial charge < -0.3 is 14.2 Å². The molecule has 1 fully saturated rings. The Kier molecular flexibility index (Phi) is 4.40. The molecule has 0 aliphatic carbocycles. The number of nitrogens with zero attached hydrogens (tertiary/aromatic N) is 1. The Morgan fingerprint density at radius 2 is 1.95 bits per heavy atom. The van der Waals surface area contributed by atoms with Gasteiger partial charge in [0.15, 0.2) is 6.29 Å². The normalized spacial score (nSPS) is 26.0. The van der Waals surface area contributed by atoms with Crippen LogP contribution in [0.3, 0.4) is 0 Å². The van der Waals surface area contributed by atoms with Crippen LogP contribution in [0.15, 0.2) is 30.3 Å². The maximum absolute atomic E-state index is 5.68. The SMILES string of the molecule is COC(OC)c1ccccc1C1=CC2COCC(C1)N2C. The maximum atomic E-state index is 5.68. The lowest BCUT2D eigenvalue weighted by Crippen LogP contribution is -2.51. The lowest BCUT2D eigenvalue weighted by molar-refractivity contribution is -0.106. The summed E-state index contributed by atoms with van der Waals surface area (Å²) >= 11 is 0. The van der Waals surface area contributed by atoms with Gasteiger partial charge in [-0.15, -0.1) is 0 Å². The van der Waals surface area contributed by atoms with Gasteiger partial charge in [0.1, 0.15) is 0 Å². The van der Waals surface area contributed by atoms with Crippen LogP contribution in [0.1, 0.15) is 23.8 Å². The average Bonchev–Trinajstić information content (AvgIpc) is 2.49. The molecule has 4 heteroatoms. The van der Waals surface area contributed by atoms with E-state index in [1.54, 1.807) is 14.2 Å². The van der Waals surface area contributed by atoms with E-state index in [2.05, 4.69) is 36.2 Å². The molecule has 1 aromatic carbocycles. The number of fused-ring (bicyclic) bond motifs is 2. The van der Waals surface area contributed by atoms with Gasteiger partial charge in [0.25, 0.3) is 0 Å². The van der Waals surface area contributed by atoms with Crippen molar-refractivity contribution in [3.63, 3.8) is 0 Å². The van der Waals surface area contributed by atoms with Crippen molar-refractivity contribution in [2.75, 3.05) is 34.5 Å². The summed E-state index contributed by atoms with van der Waals surface area (Å²) in [5.41, 5.74) is 3.70. The Labute approximate surface area is 126 Å². The number of hydrogen-bond acceptors (Lipinski definition) is 4. The largest absolute Gasteiger partial charge is 0.378 e. The van der Waals surface area contributed by atoms with Gasteiger partial charge in [-0.3, -0.25) is 4.90 Å². The third-order valence-corrected chi connectivity index (χ3v) is 4.54. The zero-order valence-electron chi connectivity index (χ0n) is 12.9. The molecule has 0 N–H and O–H groups in total. The second-order valence-electron chi connectivity index (χ2n) is 5.71. The number of hydrogen-bond donors (Lipinski definition) is 0. The van der Waals surface area contributed by atoms with Crippen molar-refractivity contribution in [2.45, 2.75) is 24.8 Å². The third kappa shape index (κ3) is 2.77. The topological polar surface area (TPSA) is 30.9 Å². The van der Waals surface area contributed by atoms with Crippen LogP contribution < -0.4 is 0 Å². The fourth-order valence-corrected chi connectivity index (χ4v) is 3.30. The minimum Gasteiger partial charge on any atom is -0.378 e. The van der Waals surface area contributed by atoms with Gasteiger partial charge in [-0.25, -0.2) is 0 Å². The molecule has 1 aromatic rings. The monoisotopic (exact) mass is 289 g/mol. The van der Waals surface area contributed by atoms with Crippen molar-refractivity contribution in [2.24, 2.45) is 0 Å². The van der Waals surface area contributed by atoms with Crippen LogP contribution in [-0.2, 0) is 14.2 Å². The van der Waals surface area contributed by atoms with Crippen LogP contribution in [-0.4, -0.2) is 51.5 Å². The number of likely N-dealkylation sites (N-methyl/N-ethyl adjacent to an activating group) is 1. The summed E-state index contributed by atoms with van der Waals surface area (Å²) < 4.78 is 16.6. The number of methoxy groups -OCH3 is 2. The molecule has 2 aliphatic heterocycles. The smallest absolute Gasteiger partial charge is 0.183 e. The lowest BCUT2D eigenvalue weighted by atomic mass is 9.88. The number of ether oxygens (including phenoxy) is 3. The van der Waals surface area contributed by atoms with Gasteiger partial charge >= 0.3 is 0 Å². The highest BCUT2D eigenvalue weighted by molar-refractivity contribution is 5.70. The van der Waals surface area contributed by atoms with E-state index in [0.717, 1.165) is 25.2 Å². The van der Waals surface area contributed by atoms with E-state index in [4.69, 9.17) is 14.2 Å². The Balaban J connectivity index is 1.97. The van der Waals surface area contributed by atoms with Gasteiger partial charge in [-0.1, -0.05) is 30.3 Å². The van der Waals surface area contributed by atoms with E-state index >= 15 is 0 Å². The highest BCUT2D eigenvalue weighted by Gasteiger charge is 2.33. The van der Waals surface area contributed by atoms with Crippen LogP contribution in [0.2, 0.25) is 0 Å². The fraction of sp³-hybridized carbons (Fsp3) is 0.529. The van der Waals surface area contributed by atoms with Gasteiger partial charge in [0.05, 0.1) is 19.3 Å². The first kappa shape index (κ1) is 14.7. The van der Waals surface area contributed by atoms with E-state index in [0.29, 0.717) is 12.1 Å². The van der Waals surface area contributed by atoms with Crippen LogP contribution in [0.5, 0.6) is 0 Å². The molecule has 114 valence electrons. The molecule has 1 saturated heterocycles. The first-order chi connectivity index (χ1) is 10.2. The molecule has 3 rings (SSSR count). The van der Waals surface area contributed by atoms with Crippen LogP contribution in [0, 0.1) is 0 Å². The summed E-state index contributed by atoms with van der Waals surface area (Å²) in [6.45, 7) is 1.58. The molecule has 21 heavy (non-hydrogen) atoms. The summed E-state index contributed by atoms with van der Waals surface area (Å²) in [5, 5.41) is 0. The van der Waals surface area contributed by atoms with Gasteiger partial charge in [-0.2, -0.15) is 0 Å². The van der Waals surface area contributed by atoms with Gasteiger partial charge in [-0.05, 0) is 24.6 Å². The summed E-state index contributed by atoms with van der Waals surface area (Å²) in [7, 11) is 5.54. The lowest BCUT2D eigenvalue weighted by Gasteiger charge is -2.42. The molecular formula is C17H23NO3. The Bertz CT molecular complexity index is 525. The molecule has 0 radical (unpaired) electrons. The van der Waals surface area contributed by atoms with E-state index in [-0.39, 0.29) is 6.29 Å². The van der Waals surface area contributed by atoms with Gasteiger partial charge in [0.2, 0.25) is 0 Å². The maximum Gasteiger partial charge on any atom is 0.183 e. The molecule has 4 nitrogen and oxygen atoms in total. The summed E-state index contributed by atoms with van der Waals surface area (Å²) in [5.74, 6) is 0. The Morgan fingerprint density at radius 3 is 2.67 bits per heavy atom. The van der Waals surface area contributed by atoms with Gasteiger partial charge in [0, 0.05) is 25.8 Å². The second-order valence-corrected chi connectivity index (χ2v) is 5.71. The molecule has 2 atom stereocenters. The number of morpholine rings is 1. The minimum absolute atomic E-state index is 0.321. The first-order valence-corrected chi connectivity index (χ1v) is 7.40. The molecular weight excluding hydrogens is 266 g/mol. The zero-order valence-corrected chi connectivity index (χ0v) is 12.9. The predicted molar refractivity (Wildman–Crippen MR) is 82.0 cm³/mol. The molecule has 0 saturated carbocycles. The third-order valence-electron chi connectivity index (χ3n) is 4.54.